The Bertz CT molecular complexity index is 443. The number of aryl methyl sites for hydroxylation is 1. The summed E-state index contributed by atoms with van der Waals surface area (Å²) >= 11 is 0. The van der Waals surface area contributed by atoms with Crippen LogP contribution in [0.2, 0.25) is 0 Å². The highest BCUT2D eigenvalue weighted by Crippen LogP contribution is 2.31. The summed E-state index contributed by atoms with van der Waals surface area (Å²) in [6, 6.07) is 0.319. The highest BCUT2D eigenvalue weighted by atomic mass is 16.5. The first-order valence-electron chi connectivity index (χ1n) is 7.48. The lowest BCUT2D eigenvalue weighted by Gasteiger charge is -2.46. The first-order valence-corrected chi connectivity index (χ1v) is 7.48. The van der Waals surface area contributed by atoms with Gasteiger partial charge in [0.25, 0.3) is 0 Å². The van der Waals surface area contributed by atoms with Crippen molar-refractivity contribution in [2.45, 2.75) is 57.9 Å². The van der Waals surface area contributed by atoms with Gasteiger partial charge >= 0.3 is 0 Å². The molecule has 114 valence electrons. The second kappa shape index (κ2) is 5.84. The Labute approximate surface area is 122 Å². The Morgan fingerprint density at radius 1 is 1.55 bits per heavy atom. The van der Waals surface area contributed by atoms with Crippen LogP contribution in [0.1, 0.15) is 45.7 Å². The summed E-state index contributed by atoms with van der Waals surface area (Å²) in [6.07, 6.45) is 5.19. The van der Waals surface area contributed by atoms with E-state index in [4.69, 9.17) is 10.5 Å². The van der Waals surface area contributed by atoms with Crippen molar-refractivity contribution >= 4 is 0 Å². The highest BCUT2D eigenvalue weighted by Gasteiger charge is 2.37. The van der Waals surface area contributed by atoms with Crippen LogP contribution in [0.25, 0.3) is 0 Å². The van der Waals surface area contributed by atoms with Crippen LogP contribution < -0.4 is 5.73 Å². The van der Waals surface area contributed by atoms with Crippen LogP contribution >= 0.6 is 0 Å². The second-order valence-electron chi connectivity index (χ2n) is 6.58. The molecule has 1 aromatic heterocycles. The lowest BCUT2D eigenvalue weighted by Crippen LogP contribution is -2.55. The van der Waals surface area contributed by atoms with E-state index in [-0.39, 0.29) is 23.8 Å². The van der Waals surface area contributed by atoms with E-state index in [1.807, 2.05) is 17.9 Å². The molecule has 0 radical (unpaired) electrons. The molecule has 0 saturated carbocycles. The lowest BCUT2D eigenvalue weighted by molar-refractivity contribution is -0.140. The number of hydrogen-bond donors (Lipinski definition) is 1. The molecule has 3 unspecified atom stereocenters. The van der Waals surface area contributed by atoms with Crippen molar-refractivity contribution in [3.63, 3.8) is 0 Å². The van der Waals surface area contributed by atoms with Crippen LogP contribution in [0.3, 0.4) is 0 Å². The third-order valence-electron chi connectivity index (χ3n) is 3.93. The summed E-state index contributed by atoms with van der Waals surface area (Å²) in [5.74, 6) is 0. The minimum atomic E-state index is -0.133. The lowest BCUT2D eigenvalue weighted by atomic mass is 9.95. The van der Waals surface area contributed by atoms with Gasteiger partial charge in [0.05, 0.1) is 23.9 Å². The first-order chi connectivity index (χ1) is 9.32. The van der Waals surface area contributed by atoms with Gasteiger partial charge in [0.2, 0.25) is 0 Å². The minimum Gasteiger partial charge on any atom is -0.370 e. The topological polar surface area (TPSA) is 56.3 Å². The third kappa shape index (κ3) is 3.40. The fourth-order valence-electron chi connectivity index (χ4n) is 3.26. The van der Waals surface area contributed by atoms with E-state index >= 15 is 0 Å². The molecule has 1 aliphatic rings. The van der Waals surface area contributed by atoms with Crippen molar-refractivity contribution in [3.8, 4) is 0 Å². The van der Waals surface area contributed by atoms with E-state index in [1.54, 1.807) is 0 Å². The van der Waals surface area contributed by atoms with Crippen LogP contribution in [-0.2, 0) is 11.8 Å². The fraction of sp³-hybridized carbons (Fsp3) is 0.800. The van der Waals surface area contributed by atoms with Crippen LogP contribution in [0.15, 0.2) is 12.4 Å². The Hall–Kier alpha value is -0.910. The van der Waals surface area contributed by atoms with Crippen molar-refractivity contribution in [1.29, 1.82) is 0 Å². The average molecular weight is 280 g/mol. The summed E-state index contributed by atoms with van der Waals surface area (Å²) in [5.41, 5.74) is 7.47. The smallest absolute Gasteiger partial charge is 0.0757 e. The standard InChI is InChI=1S/C15H28N4O/c1-6-13(16)14(12-7-17-18(5)9-12)19-8-11(2)20-15(3,4)10-19/h7,9,11,13-14H,6,8,10,16H2,1-5H3. The average Bonchev–Trinajstić information content (AvgIpc) is 2.73. The van der Waals surface area contributed by atoms with Gasteiger partial charge in [0, 0.05) is 37.9 Å². The zero-order chi connectivity index (χ0) is 14.9. The zero-order valence-corrected chi connectivity index (χ0v) is 13.3. The third-order valence-corrected chi connectivity index (χ3v) is 3.93. The van der Waals surface area contributed by atoms with E-state index < -0.39 is 0 Å². The molecule has 20 heavy (non-hydrogen) atoms. The summed E-state index contributed by atoms with van der Waals surface area (Å²) in [5, 5.41) is 4.31. The van der Waals surface area contributed by atoms with Crippen LogP contribution in [0, 0.1) is 0 Å². The predicted molar refractivity (Wildman–Crippen MR) is 80.4 cm³/mol. The second-order valence-corrected chi connectivity index (χ2v) is 6.58. The van der Waals surface area contributed by atoms with Crippen molar-refractivity contribution in [2.75, 3.05) is 13.1 Å². The van der Waals surface area contributed by atoms with Gasteiger partial charge in [-0.05, 0) is 27.2 Å². The zero-order valence-electron chi connectivity index (χ0n) is 13.3. The summed E-state index contributed by atoms with van der Waals surface area (Å²) in [6.45, 7) is 10.4. The maximum atomic E-state index is 6.40. The molecule has 2 heterocycles. The van der Waals surface area contributed by atoms with E-state index in [9.17, 15) is 0 Å². The molecule has 0 aliphatic carbocycles. The number of morpholine rings is 1. The van der Waals surface area contributed by atoms with Crippen molar-refractivity contribution in [1.82, 2.24) is 14.7 Å². The van der Waals surface area contributed by atoms with Gasteiger partial charge in [-0.1, -0.05) is 6.92 Å². The molecule has 0 amide bonds. The Morgan fingerprint density at radius 2 is 2.25 bits per heavy atom. The van der Waals surface area contributed by atoms with Gasteiger partial charge in [0.1, 0.15) is 0 Å². The molecule has 0 spiro atoms. The molecule has 3 atom stereocenters. The number of hydrogen-bond acceptors (Lipinski definition) is 4. The molecule has 1 aliphatic heterocycles. The van der Waals surface area contributed by atoms with Gasteiger partial charge in [-0.3, -0.25) is 9.58 Å². The number of ether oxygens (including phenoxy) is 1. The predicted octanol–water partition coefficient (Wildman–Crippen LogP) is 1.70. The summed E-state index contributed by atoms with van der Waals surface area (Å²) < 4.78 is 7.85. The maximum Gasteiger partial charge on any atom is 0.0757 e. The van der Waals surface area contributed by atoms with Gasteiger partial charge in [-0.2, -0.15) is 5.10 Å². The minimum absolute atomic E-state index is 0.111. The fourth-order valence-corrected chi connectivity index (χ4v) is 3.26. The number of nitrogens with zero attached hydrogens (tertiary/aromatic N) is 3. The monoisotopic (exact) mass is 280 g/mol. The van der Waals surface area contributed by atoms with Gasteiger partial charge in [-0.25, -0.2) is 0 Å². The van der Waals surface area contributed by atoms with E-state index in [0.29, 0.717) is 0 Å². The maximum absolute atomic E-state index is 6.40. The molecule has 5 nitrogen and oxygen atoms in total. The SMILES string of the molecule is CCC(N)C(c1cnn(C)c1)N1CC(C)OC(C)(C)C1. The van der Waals surface area contributed by atoms with E-state index in [1.165, 1.54) is 5.56 Å². The molecular formula is C15H28N4O. The van der Waals surface area contributed by atoms with Crippen molar-refractivity contribution < 1.29 is 4.74 Å². The molecule has 1 fully saturated rings. The number of nitrogens with two attached hydrogens (primary N) is 1. The largest absolute Gasteiger partial charge is 0.370 e. The Kier molecular flexibility index (Phi) is 4.52. The van der Waals surface area contributed by atoms with Crippen molar-refractivity contribution in [3.05, 3.63) is 18.0 Å². The Balaban J connectivity index is 2.27. The molecule has 2 N–H and O–H groups in total. The van der Waals surface area contributed by atoms with Crippen molar-refractivity contribution in [2.24, 2.45) is 12.8 Å². The normalized spacial score (nSPS) is 26.4. The van der Waals surface area contributed by atoms with Crippen LogP contribution in [-0.4, -0.2) is 45.5 Å². The molecule has 0 bridgehead atoms. The number of rotatable bonds is 4. The quantitative estimate of drug-likeness (QED) is 0.912. The number of aromatic nitrogens is 2. The van der Waals surface area contributed by atoms with E-state index in [0.717, 1.165) is 19.5 Å². The Morgan fingerprint density at radius 3 is 2.75 bits per heavy atom. The van der Waals surface area contributed by atoms with Crippen LogP contribution in [0.5, 0.6) is 0 Å². The highest BCUT2D eigenvalue weighted by molar-refractivity contribution is 5.14. The van der Waals surface area contributed by atoms with E-state index in [2.05, 4.69) is 43.9 Å². The summed E-state index contributed by atoms with van der Waals surface area (Å²) in [4.78, 5) is 2.46. The molecule has 5 heteroatoms. The molecule has 2 rings (SSSR count). The van der Waals surface area contributed by atoms with Gasteiger partial charge in [0.15, 0.2) is 0 Å². The molecular weight excluding hydrogens is 252 g/mol. The van der Waals surface area contributed by atoms with Gasteiger partial charge in [-0.15, -0.1) is 0 Å². The first kappa shape index (κ1) is 15.5. The molecule has 0 aromatic carbocycles. The van der Waals surface area contributed by atoms with Gasteiger partial charge < -0.3 is 10.5 Å². The molecule has 1 aromatic rings. The molecule has 1 saturated heterocycles. The van der Waals surface area contributed by atoms with Crippen LogP contribution in [0.4, 0.5) is 0 Å². The summed E-state index contributed by atoms with van der Waals surface area (Å²) in [7, 11) is 1.95.